The molecule has 0 spiro atoms. The van der Waals surface area contributed by atoms with E-state index >= 15 is 0 Å². The minimum atomic E-state index is -4.70. The first-order valence-electron chi connectivity index (χ1n) is 6.98. The number of hydrogen-bond donors (Lipinski definition) is 1. The fourth-order valence-corrected chi connectivity index (χ4v) is 2.05. The zero-order valence-corrected chi connectivity index (χ0v) is 12.5. The third kappa shape index (κ3) is 6.35. The molecule has 1 aromatic carbocycles. The summed E-state index contributed by atoms with van der Waals surface area (Å²) in [6.07, 6.45) is -3.31. The van der Waals surface area contributed by atoms with Crippen LogP contribution in [-0.2, 0) is 4.74 Å². The monoisotopic (exact) mass is 305 g/mol. The van der Waals surface area contributed by atoms with E-state index in [9.17, 15) is 13.2 Å². The Morgan fingerprint density at radius 2 is 1.90 bits per heavy atom. The van der Waals surface area contributed by atoms with E-state index in [0.717, 1.165) is 6.42 Å². The molecular formula is C15H22F3NO2. The molecule has 0 saturated heterocycles. The van der Waals surface area contributed by atoms with Crippen molar-refractivity contribution in [1.82, 2.24) is 5.32 Å². The maximum atomic E-state index is 12.5. The van der Waals surface area contributed by atoms with Crippen LogP contribution < -0.4 is 10.1 Å². The van der Waals surface area contributed by atoms with Gasteiger partial charge in [-0.1, -0.05) is 25.1 Å². The molecule has 0 bridgehead atoms. The summed E-state index contributed by atoms with van der Waals surface area (Å²) in [4.78, 5) is 0. The number of ether oxygens (including phenoxy) is 2. The molecular weight excluding hydrogens is 283 g/mol. The highest BCUT2D eigenvalue weighted by Gasteiger charge is 2.33. The quantitative estimate of drug-likeness (QED) is 0.786. The molecule has 0 aliphatic heterocycles. The van der Waals surface area contributed by atoms with Gasteiger partial charge in [0, 0.05) is 18.7 Å². The topological polar surface area (TPSA) is 30.5 Å². The van der Waals surface area contributed by atoms with Crippen LogP contribution in [0.3, 0.4) is 0 Å². The summed E-state index contributed by atoms with van der Waals surface area (Å²) in [5, 5.41) is 3.25. The van der Waals surface area contributed by atoms with Crippen molar-refractivity contribution in [3.63, 3.8) is 0 Å². The van der Waals surface area contributed by atoms with Crippen molar-refractivity contribution < 1.29 is 22.6 Å². The van der Waals surface area contributed by atoms with Gasteiger partial charge in [0.1, 0.15) is 5.75 Å². The number of alkyl halides is 3. The van der Waals surface area contributed by atoms with Gasteiger partial charge in [-0.25, -0.2) is 0 Å². The van der Waals surface area contributed by atoms with Gasteiger partial charge in [0.15, 0.2) is 0 Å². The predicted octanol–water partition coefficient (Wildman–Crippen LogP) is 4.05. The summed E-state index contributed by atoms with van der Waals surface area (Å²) in [5.74, 6) is -0.165. The molecule has 1 aromatic rings. The molecule has 0 radical (unpaired) electrons. The Bertz CT molecular complexity index is 424. The molecule has 0 aliphatic rings. The van der Waals surface area contributed by atoms with E-state index in [1.54, 1.807) is 19.2 Å². The van der Waals surface area contributed by atoms with E-state index in [2.05, 4.69) is 10.1 Å². The minimum absolute atomic E-state index is 0.0710. The van der Waals surface area contributed by atoms with E-state index in [-0.39, 0.29) is 17.9 Å². The standard InChI is InChI=1S/C15H22F3NO2/c1-4-9-19-13(10-11(2)20-3)12-7-5-6-8-14(12)21-15(16,17)18/h5-8,11,13,19H,4,9-10H2,1-3H3. The Balaban J connectivity index is 2.99. The van der Waals surface area contributed by atoms with Crippen molar-refractivity contribution in [3.05, 3.63) is 29.8 Å². The van der Waals surface area contributed by atoms with Crippen molar-refractivity contribution in [3.8, 4) is 5.75 Å². The van der Waals surface area contributed by atoms with E-state index < -0.39 is 6.36 Å². The second-order valence-corrected chi connectivity index (χ2v) is 4.87. The molecule has 6 heteroatoms. The minimum Gasteiger partial charge on any atom is -0.405 e. The second kappa shape index (κ2) is 8.24. The molecule has 21 heavy (non-hydrogen) atoms. The second-order valence-electron chi connectivity index (χ2n) is 4.87. The van der Waals surface area contributed by atoms with Crippen LogP contribution in [0.1, 0.15) is 38.3 Å². The number of rotatable bonds is 8. The van der Waals surface area contributed by atoms with Gasteiger partial charge in [0.25, 0.3) is 0 Å². The lowest BCUT2D eigenvalue weighted by Gasteiger charge is -2.24. The molecule has 120 valence electrons. The number of halogens is 3. The molecule has 2 unspecified atom stereocenters. The van der Waals surface area contributed by atoms with Gasteiger partial charge in [-0.2, -0.15) is 0 Å². The first-order chi connectivity index (χ1) is 9.87. The number of benzene rings is 1. The van der Waals surface area contributed by atoms with Gasteiger partial charge in [-0.15, -0.1) is 13.2 Å². The molecule has 0 aromatic heterocycles. The molecule has 0 amide bonds. The van der Waals surface area contributed by atoms with E-state index in [1.165, 1.54) is 12.1 Å². The van der Waals surface area contributed by atoms with Gasteiger partial charge in [0.05, 0.1) is 6.10 Å². The van der Waals surface area contributed by atoms with Crippen molar-refractivity contribution >= 4 is 0 Å². The molecule has 3 nitrogen and oxygen atoms in total. The van der Waals surface area contributed by atoms with Crippen molar-refractivity contribution in [1.29, 1.82) is 0 Å². The molecule has 1 N–H and O–H groups in total. The maximum absolute atomic E-state index is 12.5. The zero-order valence-electron chi connectivity index (χ0n) is 12.5. The van der Waals surface area contributed by atoms with Crippen molar-refractivity contribution in [2.24, 2.45) is 0 Å². The fraction of sp³-hybridized carbons (Fsp3) is 0.600. The van der Waals surface area contributed by atoms with Crippen LogP contribution in [0.25, 0.3) is 0 Å². The van der Waals surface area contributed by atoms with E-state index in [1.807, 2.05) is 13.8 Å². The third-order valence-corrected chi connectivity index (χ3v) is 3.13. The predicted molar refractivity (Wildman–Crippen MR) is 75.2 cm³/mol. The Hall–Kier alpha value is -1.27. The summed E-state index contributed by atoms with van der Waals surface area (Å²) in [6, 6.07) is 5.97. The Kier molecular flexibility index (Phi) is 6.98. The molecule has 0 saturated carbocycles. The summed E-state index contributed by atoms with van der Waals surface area (Å²) >= 11 is 0. The number of methoxy groups -OCH3 is 1. The number of hydrogen-bond acceptors (Lipinski definition) is 3. The highest BCUT2D eigenvalue weighted by molar-refractivity contribution is 5.36. The number of nitrogens with one attached hydrogen (secondary N) is 1. The van der Waals surface area contributed by atoms with E-state index in [0.29, 0.717) is 18.5 Å². The molecule has 2 atom stereocenters. The van der Waals surface area contributed by atoms with Gasteiger partial charge in [-0.3, -0.25) is 0 Å². The lowest BCUT2D eigenvalue weighted by molar-refractivity contribution is -0.275. The van der Waals surface area contributed by atoms with E-state index in [4.69, 9.17) is 4.74 Å². The van der Waals surface area contributed by atoms with Crippen LogP contribution in [0.4, 0.5) is 13.2 Å². The smallest absolute Gasteiger partial charge is 0.405 e. The van der Waals surface area contributed by atoms with Crippen LogP contribution in [-0.4, -0.2) is 26.1 Å². The average Bonchev–Trinajstić information content (AvgIpc) is 2.42. The third-order valence-electron chi connectivity index (χ3n) is 3.13. The zero-order chi connectivity index (χ0) is 15.9. The van der Waals surface area contributed by atoms with Crippen molar-refractivity contribution in [2.75, 3.05) is 13.7 Å². The molecule has 0 aliphatic carbocycles. The highest BCUT2D eigenvalue weighted by Crippen LogP contribution is 2.32. The molecule has 0 fully saturated rings. The Morgan fingerprint density at radius 3 is 2.48 bits per heavy atom. The first-order valence-corrected chi connectivity index (χ1v) is 6.98. The lowest BCUT2D eigenvalue weighted by Crippen LogP contribution is -2.27. The van der Waals surface area contributed by atoms with Crippen LogP contribution in [0, 0.1) is 0 Å². The van der Waals surface area contributed by atoms with Gasteiger partial charge in [0.2, 0.25) is 0 Å². The largest absolute Gasteiger partial charge is 0.573 e. The van der Waals surface area contributed by atoms with Crippen LogP contribution in [0.5, 0.6) is 5.75 Å². The summed E-state index contributed by atoms with van der Waals surface area (Å²) in [7, 11) is 1.58. The van der Waals surface area contributed by atoms with Crippen molar-refractivity contribution in [2.45, 2.75) is 45.2 Å². The van der Waals surface area contributed by atoms with Gasteiger partial charge < -0.3 is 14.8 Å². The SMILES string of the molecule is CCCNC(CC(C)OC)c1ccccc1OC(F)(F)F. The van der Waals surface area contributed by atoms with Crippen LogP contribution in [0.2, 0.25) is 0 Å². The lowest BCUT2D eigenvalue weighted by atomic mass is 10.00. The average molecular weight is 305 g/mol. The summed E-state index contributed by atoms with van der Waals surface area (Å²) < 4.78 is 46.8. The summed E-state index contributed by atoms with van der Waals surface area (Å²) in [5.41, 5.74) is 0.493. The highest BCUT2D eigenvalue weighted by atomic mass is 19.4. The Morgan fingerprint density at radius 1 is 1.24 bits per heavy atom. The van der Waals surface area contributed by atoms with Crippen LogP contribution >= 0.6 is 0 Å². The number of para-hydroxylation sites is 1. The first kappa shape index (κ1) is 17.8. The van der Waals surface area contributed by atoms with Gasteiger partial charge >= 0.3 is 6.36 Å². The fourth-order valence-electron chi connectivity index (χ4n) is 2.05. The molecule has 1 rings (SSSR count). The summed E-state index contributed by atoms with van der Waals surface area (Å²) in [6.45, 7) is 4.59. The molecule has 0 heterocycles. The normalized spacial score (nSPS) is 14.8. The van der Waals surface area contributed by atoms with Gasteiger partial charge in [-0.05, 0) is 32.4 Å². The maximum Gasteiger partial charge on any atom is 0.573 e. The Labute approximate surface area is 123 Å². The van der Waals surface area contributed by atoms with Crippen LogP contribution in [0.15, 0.2) is 24.3 Å².